The lowest BCUT2D eigenvalue weighted by atomic mass is 10.2. The van der Waals surface area contributed by atoms with Crippen LogP contribution in [0.2, 0.25) is 0 Å². The number of halogens is 1. The zero-order valence-electron chi connectivity index (χ0n) is 8.74. The molecule has 6 heteroatoms. The van der Waals surface area contributed by atoms with Gasteiger partial charge >= 0.3 is 0 Å². The van der Waals surface area contributed by atoms with Crippen LogP contribution in [0.25, 0.3) is 0 Å². The third-order valence-corrected chi connectivity index (χ3v) is 2.72. The Balaban J connectivity index is 2.15. The number of nitrogens with zero attached hydrogens (tertiary/aromatic N) is 2. The van der Waals surface area contributed by atoms with Crippen LogP contribution in [0.1, 0.15) is 18.8 Å². The van der Waals surface area contributed by atoms with Crippen molar-refractivity contribution in [2.45, 2.75) is 13.0 Å². The number of hydrogen-bond acceptors (Lipinski definition) is 4. The summed E-state index contributed by atoms with van der Waals surface area (Å²) in [4.78, 5) is 4.08. The van der Waals surface area contributed by atoms with Crippen LogP contribution in [0.15, 0.2) is 29.0 Å². The topological polar surface area (TPSA) is 79.6 Å². The Kier molecular flexibility index (Phi) is 3.09. The smallest absolute Gasteiger partial charge is 0.146 e. The first-order valence-electron chi connectivity index (χ1n) is 4.83. The van der Waals surface area contributed by atoms with E-state index in [1.807, 2.05) is 25.1 Å². The Morgan fingerprint density at radius 2 is 2.31 bits per heavy atom. The molecule has 0 bridgehead atoms. The summed E-state index contributed by atoms with van der Waals surface area (Å²) in [5.41, 5.74) is 7.46. The molecule has 0 saturated heterocycles. The number of nitrogen functional groups attached to an aromatic ring is 1. The summed E-state index contributed by atoms with van der Waals surface area (Å²) in [6, 6.07) is 5.75. The van der Waals surface area contributed by atoms with Gasteiger partial charge in [-0.25, -0.2) is 4.98 Å². The highest BCUT2D eigenvalue weighted by Crippen LogP contribution is 2.25. The number of aromatic amines is 1. The Bertz CT molecular complexity index is 468. The van der Waals surface area contributed by atoms with E-state index in [1.165, 1.54) is 6.33 Å². The van der Waals surface area contributed by atoms with E-state index in [0.29, 0.717) is 5.69 Å². The molecule has 1 atom stereocenters. The summed E-state index contributed by atoms with van der Waals surface area (Å²) in [6.07, 6.45) is 1.48. The molecule has 1 unspecified atom stereocenters. The molecule has 1 aromatic carbocycles. The summed E-state index contributed by atoms with van der Waals surface area (Å²) in [5, 5.41) is 9.88. The number of benzene rings is 1. The van der Waals surface area contributed by atoms with Crippen LogP contribution in [0, 0.1) is 0 Å². The maximum absolute atomic E-state index is 5.88. The predicted octanol–water partition coefficient (Wildman–Crippen LogP) is 2.32. The minimum absolute atomic E-state index is 0.0333. The zero-order valence-corrected chi connectivity index (χ0v) is 10.3. The zero-order chi connectivity index (χ0) is 11.5. The second-order valence-corrected chi connectivity index (χ2v) is 4.38. The van der Waals surface area contributed by atoms with E-state index in [9.17, 15) is 0 Å². The van der Waals surface area contributed by atoms with Gasteiger partial charge < -0.3 is 11.1 Å². The molecule has 16 heavy (non-hydrogen) atoms. The lowest BCUT2D eigenvalue weighted by Gasteiger charge is -2.14. The van der Waals surface area contributed by atoms with Crippen molar-refractivity contribution in [2.24, 2.45) is 0 Å². The minimum Gasteiger partial charge on any atom is -0.397 e. The van der Waals surface area contributed by atoms with Crippen molar-refractivity contribution in [1.29, 1.82) is 0 Å². The Morgan fingerprint density at radius 3 is 2.94 bits per heavy atom. The molecular weight excluding hydrogens is 270 g/mol. The first kappa shape index (κ1) is 10.9. The van der Waals surface area contributed by atoms with E-state index in [4.69, 9.17) is 5.73 Å². The van der Waals surface area contributed by atoms with Gasteiger partial charge in [0, 0.05) is 4.47 Å². The van der Waals surface area contributed by atoms with E-state index in [2.05, 4.69) is 36.4 Å². The SMILES string of the molecule is CC(Nc1ccc(Br)cc1N)c1ncn[nH]1. The van der Waals surface area contributed by atoms with Gasteiger partial charge in [0.2, 0.25) is 0 Å². The highest BCUT2D eigenvalue weighted by atomic mass is 79.9. The molecule has 0 radical (unpaired) electrons. The maximum Gasteiger partial charge on any atom is 0.146 e. The molecule has 2 rings (SSSR count). The second kappa shape index (κ2) is 4.52. The minimum atomic E-state index is 0.0333. The average molecular weight is 282 g/mol. The fourth-order valence-corrected chi connectivity index (χ4v) is 1.77. The first-order valence-corrected chi connectivity index (χ1v) is 5.63. The van der Waals surface area contributed by atoms with Crippen LogP contribution in [-0.2, 0) is 0 Å². The summed E-state index contributed by atoms with van der Waals surface area (Å²) in [5.74, 6) is 0.780. The van der Waals surface area contributed by atoms with Gasteiger partial charge in [-0.2, -0.15) is 5.10 Å². The number of anilines is 2. The lowest BCUT2D eigenvalue weighted by Crippen LogP contribution is -2.09. The van der Waals surface area contributed by atoms with Gasteiger partial charge in [0.1, 0.15) is 12.2 Å². The third-order valence-electron chi connectivity index (χ3n) is 2.23. The normalized spacial score (nSPS) is 12.4. The van der Waals surface area contributed by atoms with Crippen molar-refractivity contribution in [3.63, 3.8) is 0 Å². The number of aromatic nitrogens is 3. The van der Waals surface area contributed by atoms with Crippen LogP contribution in [0.4, 0.5) is 11.4 Å². The van der Waals surface area contributed by atoms with Gasteiger partial charge in [-0.3, -0.25) is 5.10 Å². The van der Waals surface area contributed by atoms with Crippen molar-refractivity contribution in [2.75, 3.05) is 11.1 Å². The molecule has 0 saturated carbocycles. The molecule has 1 heterocycles. The molecule has 84 valence electrons. The molecule has 5 nitrogen and oxygen atoms in total. The summed E-state index contributed by atoms with van der Waals surface area (Å²) >= 11 is 3.36. The predicted molar refractivity (Wildman–Crippen MR) is 67.0 cm³/mol. The fourth-order valence-electron chi connectivity index (χ4n) is 1.39. The molecule has 1 aromatic heterocycles. The van der Waals surface area contributed by atoms with Crippen molar-refractivity contribution in [3.05, 3.63) is 34.8 Å². The average Bonchev–Trinajstić information content (AvgIpc) is 2.75. The maximum atomic E-state index is 5.88. The Morgan fingerprint density at radius 1 is 1.50 bits per heavy atom. The molecule has 0 spiro atoms. The molecule has 0 fully saturated rings. The largest absolute Gasteiger partial charge is 0.397 e. The second-order valence-electron chi connectivity index (χ2n) is 3.47. The molecule has 2 aromatic rings. The van der Waals surface area contributed by atoms with E-state index >= 15 is 0 Å². The number of hydrogen-bond donors (Lipinski definition) is 3. The lowest BCUT2D eigenvalue weighted by molar-refractivity contribution is 0.796. The summed E-state index contributed by atoms with van der Waals surface area (Å²) < 4.78 is 0.961. The highest BCUT2D eigenvalue weighted by molar-refractivity contribution is 9.10. The van der Waals surface area contributed by atoms with Gasteiger partial charge in [0.05, 0.1) is 17.4 Å². The quantitative estimate of drug-likeness (QED) is 0.755. The van der Waals surface area contributed by atoms with Crippen molar-refractivity contribution < 1.29 is 0 Å². The van der Waals surface area contributed by atoms with Crippen LogP contribution >= 0.6 is 15.9 Å². The van der Waals surface area contributed by atoms with Crippen LogP contribution in [0.3, 0.4) is 0 Å². The summed E-state index contributed by atoms with van der Waals surface area (Å²) in [6.45, 7) is 1.99. The Labute approximate surface area is 102 Å². The van der Waals surface area contributed by atoms with Crippen LogP contribution < -0.4 is 11.1 Å². The van der Waals surface area contributed by atoms with Gasteiger partial charge in [-0.15, -0.1) is 0 Å². The summed E-state index contributed by atoms with van der Waals surface area (Å²) in [7, 11) is 0. The standard InChI is InChI=1S/C10H12BrN5/c1-6(10-13-5-14-16-10)15-9-3-2-7(11)4-8(9)12/h2-6,15H,12H2,1H3,(H,13,14,16). The van der Waals surface area contributed by atoms with Crippen molar-refractivity contribution in [1.82, 2.24) is 15.2 Å². The molecule has 0 amide bonds. The number of H-pyrrole nitrogens is 1. The monoisotopic (exact) mass is 281 g/mol. The first-order chi connectivity index (χ1) is 7.66. The molecule has 0 aliphatic rings. The van der Waals surface area contributed by atoms with Crippen LogP contribution in [-0.4, -0.2) is 15.2 Å². The highest BCUT2D eigenvalue weighted by Gasteiger charge is 2.09. The number of nitrogens with two attached hydrogens (primary N) is 1. The van der Waals surface area contributed by atoms with Gasteiger partial charge in [-0.1, -0.05) is 15.9 Å². The molecular formula is C10H12BrN5. The molecule has 4 N–H and O–H groups in total. The molecule has 0 aliphatic heterocycles. The van der Waals surface area contributed by atoms with Crippen molar-refractivity contribution >= 4 is 27.3 Å². The van der Waals surface area contributed by atoms with E-state index in [-0.39, 0.29) is 6.04 Å². The van der Waals surface area contributed by atoms with E-state index in [0.717, 1.165) is 16.0 Å². The fraction of sp³-hybridized carbons (Fsp3) is 0.200. The van der Waals surface area contributed by atoms with Crippen LogP contribution in [0.5, 0.6) is 0 Å². The van der Waals surface area contributed by atoms with Gasteiger partial charge in [0.15, 0.2) is 0 Å². The Hall–Kier alpha value is -1.56. The number of rotatable bonds is 3. The van der Waals surface area contributed by atoms with Crippen molar-refractivity contribution in [3.8, 4) is 0 Å². The third kappa shape index (κ3) is 2.33. The van der Waals surface area contributed by atoms with E-state index in [1.54, 1.807) is 0 Å². The molecule has 0 aliphatic carbocycles. The van der Waals surface area contributed by atoms with Gasteiger partial charge in [0.25, 0.3) is 0 Å². The van der Waals surface area contributed by atoms with E-state index < -0.39 is 0 Å². The number of nitrogens with one attached hydrogen (secondary N) is 2. The van der Waals surface area contributed by atoms with Gasteiger partial charge in [-0.05, 0) is 25.1 Å².